The molecular weight excluding hydrogens is 270 g/mol. The molecular formula is C16H23NO2S. The highest BCUT2D eigenvalue weighted by atomic mass is 32.1. The number of carbonyl (C=O) groups excluding carboxylic acids is 1. The number of β-amino-alcohol motifs (C(OH)–C–C–N with tert-alkyl or cyclic N) is 1. The van der Waals surface area contributed by atoms with Gasteiger partial charge in [-0.25, -0.2) is 0 Å². The average molecular weight is 293 g/mol. The maximum Gasteiger partial charge on any atom is 0.264 e. The fourth-order valence-electron chi connectivity index (χ4n) is 3.36. The number of hydrogen-bond donors (Lipinski definition) is 1. The molecule has 110 valence electrons. The summed E-state index contributed by atoms with van der Waals surface area (Å²) in [6.07, 6.45) is 7.81. The Balaban J connectivity index is 1.67. The standard InChI is InChI=1S/C16H23NO2S/c1-2-8-16(19)10-17(11-16)15(18)14-9-12-6-4-3-5-7-13(12)20-14/h9,19H,2-8,10-11H2,1H3. The van der Waals surface area contributed by atoms with Gasteiger partial charge in [-0.05, 0) is 43.7 Å². The Morgan fingerprint density at radius 2 is 2.10 bits per heavy atom. The molecule has 1 aliphatic carbocycles. The normalized spacial score (nSPS) is 21.0. The number of amides is 1. The molecule has 0 spiro atoms. The molecule has 0 unspecified atom stereocenters. The van der Waals surface area contributed by atoms with Gasteiger partial charge >= 0.3 is 0 Å². The zero-order chi connectivity index (χ0) is 14.2. The van der Waals surface area contributed by atoms with Crippen LogP contribution in [0.15, 0.2) is 6.07 Å². The van der Waals surface area contributed by atoms with Crippen LogP contribution >= 0.6 is 11.3 Å². The first-order valence-corrected chi connectivity index (χ1v) is 8.56. The Morgan fingerprint density at radius 3 is 2.85 bits per heavy atom. The van der Waals surface area contributed by atoms with Gasteiger partial charge in [0.15, 0.2) is 0 Å². The number of fused-ring (bicyclic) bond motifs is 1. The fraction of sp³-hybridized carbons (Fsp3) is 0.688. The lowest BCUT2D eigenvalue weighted by molar-refractivity contribution is -0.0858. The van der Waals surface area contributed by atoms with Gasteiger partial charge in [0.05, 0.1) is 23.6 Å². The van der Waals surface area contributed by atoms with Crippen LogP contribution in [0.25, 0.3) is 0 Å². The predicted octanol–water partition coefficient (Wildman–Crippen LogP) is 3.00. The molecule has 1 fully saturated rings. The van der Waals surface area contributed by atoms with E-state index in [4.69, 9.17) is 0 Å². The summed E-state index contributed by atoms with van der Waals surface area (Å²) in [6.45, 7) is 3.07. The van der Waals surface area contributed by atoms with E-state index in [1.807, 2.05) is 0 Å². The topological polar surface area (TPSA) is 40.5 Å². The molecule has 4 heteroatoms. The lowest BCUT2D eigenvalue weighted by Gasteiger charge is -2.46. The van der Waals surface area contributed by atoms with E-state index >= 15 is 0 Å². The predicted molar refractivity (Wildman–Crippen MR) is 81.3 cm³/mol. The molecule has 0 radical (unpaired) electrons. The van der Waals surface area contributed by atoms with Crippen LogP contribution < -0.4 is 0 Å². The van der Waals surface area contributed by atoms with Crippen LogP contribution in [0.4, 0.5) is 0 Å². The van der Waals surface area contributed by atoms with E-state index in [0.29, 0.717) is 13.1 Å². The Hall–Kier alpha value is -0.870. The van der Waals surface area contributed by atoms with Gasteiger partial charge in [-0.15, -0.1) is 11.3 Å². The second-order valence-electron chi connectivity index (χ2n) is 6.26. The highest BCUT2D eigenvalue weighted by molar-refractivity contribution is 7.14. The summed E-state index contributed by atoms with van der Waals surface area (Å²) in [6, 6.07) is 2.10. The van der Waals surface area contributed by atoms with Gasteiger partial charge < -0.3 is 10.0 Å². The molecule has 0 bridgehead atoms. The molecule has 1 saturated heterocycles. The van der Waals surface area contributed by atoms with Crippen molar-refractivity contribution in [1.29, 1.82) is 0 Å². The first-order valence-electron chi connectivity index (χ1n) is 7.74. The summed E-state index contributed by atoms with van der Waals surface area (Å²) in [5, 5.41) is 10.2. The molecule has 1 aliphatic heterocycles. The third kappa shape index (κ3) is 2.63. The molecule has 2 heterocycles. The highest BCUT2D eigenvalue weighted by Gasteiger charge is 2.43. The van der Waals surface area contributed by atoms with Crippen molar-refractivity contribution in [3.8, 4) is 0 Å². The summed E-state index contributed by atoms with van der Waals surface area (Å²) in [4.78, 5) is 16.5. The summed E-state index contributed by atoms with van der Waals surface area (Å²) < 4.78 is 0. The molecule has 0 atom stereocenters. The number of aliphatic hydroxyl groups is 1. The number of rotatable bonds is 3. The summed E-state index contributed by atoms with van der Waals surface area (Å²) in [5.41, 5.74) is 0.763. The smallest absolute Gasteiger partial charge is 0.264 e. The lowest BCUT2D eigenvalue weighted by Crippen LogP contribution is -2.63. The van der Waals surface area contributed by atoms with Gasteiger partial charge in [0.25, 0.3) is 5.91 Å². The summed E-state index contributed by atoms with van der Waals surface area (Å²) in [5.74, 6) is 0.115. The van der Waals surface area contributed by atoms with E-state index in [9.17, 15) is 9.90 Å². The van der Waals surface area contributed by atoms with E-state index in [-0.39, 0.29) is 5.91 Å². The molecule has 20 heavy (non-hydrogen) atoms. The average Bonchev–Trinajstić information content (AvgIpc) is 2.67. The van der Waals surface area contributed by atoms with Crippen molar-refractivity contribution < 1.29 is 9.90 Å². The number of carbonyl (C=O) groups is 1. The Bertz CT molecular complexity index is 479. The zero-order valence-electron chi connectivity index (χ0n) is 12.2. The zero-order valence-corrected chi connectivity index (χ0v) is 13.0. The molecule has 2 aliphatic rings. The minimum absolute atomic E-state index is 0.115. The Kier molecular flexibility index (Phi) is 3.87. The van der Waals surface area contributed by atoms with Crippen LogP contribution in [0.2, 0.25) is 0 Å². The molecule has 1 N–H and O–H groups in total. The number of thiophene rings is 1. The minimum Gasteiger partial charge on any atom is -0.386 e. The molecule has 3 rings (SSSR count). The second kappa shape index (κ2) is 5.49. The van der Waals surface area contributed by atoms with E-state index in [1.165, 1.54) is 29.7 Å². The second-order valence-corrected chi connectivity index (χ2v) is 7.39. The third-order valence-electron chi connectivity index (χ3n) is 4.43. The van der Waals surface area contributed by atoms with Crippen LogP contribution in [0.3, 0.4) is 0 Å². The molecule has 1 aromatic heterocycles. The highest BCUT2D eigenvalue weighted by Crippen LogP contribution is 2.32. The van der Waals surface area contributed by atoms with Gasteiger partial charge in [-0.3, -0.25) is 4.79 Å². The minimum atomic E-state index is -0.626. The maximum absolute atomic E-state index is 12.4. The molecule has 0 saturated carbocycles. The van der Waals surface area contributed by atoms with Crippen LogP contribution in [-0.4, -0.2) is 34.6 Å². The van der Waals surface area contributed by atoms with Crippen molar-refractivity contribution in [2.75, 3.05) is 13.1 Å². The van der Waals surface area contributed by atoms with Crippen molar-refractivity contribution in [2.24, 2.45) is 0 Å². The van der Waals surface area contributed by atoms with Gasteiger partial charge in [-0.2, -0.15) is 0 Å². The molecule has 1 amide bonds. The summed E-state index contributed by atoms with van der Waals surface area (Å²) in [7, 11) is 0. The summed E-state index contributed by atoms with van der Waals surface area (Å²) >= 11 is 1.68. The van der Waals surface area contributed by atoms with Crippen molar-refractivity contribution in [2.45, 2.75) is 57.5 Å². The molecule has 3 nitrogen and oxygen atoms in total. The quantitative estimate of drug-likeness (QED) is 0.870. The number of nitrogens with zero attached hydrogens (tertiary/aromatic N) is 1. The van der Waals surface area contributed by atoms with E-state index < -0.39 is 5.60 Å². The number of hydrogen-bond acceptors (Lipinski definition) is 3. The van der Waals surface area contributed by atoms with E-state index in [0.717, 1.165) is 30.6 Å². The molecule has 0 aromatic carbocycles. The SMILES string of the molecule is CCCC1(O)CN(C(=O)c2cc3c(s2)CCCCC3)C1. The first-order chi connectivity index (χ1) is 9.61. The van der Waals surface area contributed by atoms with Crippen molar-refractivity contribution in [1.82, 2.24) is 4.90 Å². The van der Waals surface area contributed by atoms with Crippen LogP contribution in [0.1, 0.15) is 59.1 Å². The van der Waals surface area contributed by atoms with Gasteiger partial charge in [0, 0.05) is 4.88 Å². The Morgan fingerprint density at radius 1 is 1.35 bits per heavy atom. The monoisotopic (exact) mass is 293 g/mol. The van der Waals surface area contributed by atoms with Crippen molar-refractivity contribution in [3.05, 3.63) is 21.4 Å². The van der Waals surface area contributed by atoms with Crippen LogP contribution in [-0.2, 0) is 12.8 Å². The van der Waals surface area contributed by atoms with Crippen LogP contribution in [0.5, 0.6) is 0 Å². The van der Waals surface area contributed by atoms with Gasteiger partial charge in [-0.1, -0.05) is 19.8 Å². The molecule has 1 aromatic rings. The van der Waals surface area contributed by atoms with Gasteiger partial charge in [0.1, 0.15) is 0 Å². The number of likely N-dealkylation sites (tertiary alicyclic amines) is 1. The van der Waals surface area contributed by atoms with Crippen molar-refractivity contribution in [3.63, 3.8) is 0 Å². The fourth-order valence-corrected chi connectivity index (χ4v) is 4.58. The lowest BCUT2D eigenvalue weighted by atomic mass is 9.89. The van der Waals surface area contributed by atoms with E-state index in [2.05, 4.69) is 13.0 Å². The largest absolute Gasteiger partial charge is 0.386 e. The van der Waals surface area contributed by atoms with Crippen molar-refractivity contribution >= 4 is 17.2 Å². The van der Waals surface area contributed by atoms with Gasteiger partial charge in [0.2, 0.25) is 0 Å². The number of aryl methyl sites for hydroxylation is 2. The Labute approximate surface area is 124 Å². The maximum atomic E-state index is 12.4. The first kappa shape index (κ1) is 14.1. The third-order valence-corrected chi connectivity index (χ3v) is 5.66. The van der Waals surface area contributed by atoms with Crippen LogP contribution in [0, 0.1) is 0 Å². The van der Waals surface area contributed by atoms with E-state index in [1.54, 1.807) is 16.2 Å².